The summed E-state index contributed by atoms with van der Waals surface area (Å²) in [7, 11) is -3.38. The summed E-state index contributed by atoms with van der Waals surface area (Å²) in [5.74, 6) is 0.662. The van der Waals surface area contributed by atoms with Gasteiger partial charge in [0.2, 0.25) is 10.0 Å². The van der Waals surface area contributed by atoms with Gasteiger partial charge in [0.1, 0.15) is 0 Å². The highest BCUT2D eigenvalue weighted by atomic mass is 35.5. The van der Waals surface area contributed by atoms with E-state index < -0.39 is 10.0 Å². The molecular weight excluding hydrogens is 308 g/mol. The third kappa shape index (κ3) is 5.58. The molecule has 1 aromatic rings. The Balaban J connectivity index is 0.00000220. The number of aryl methyl sites for hydroxylation is 1. The normalized spacial score (nSPS) is 18.7. The second-order valence-corrected chi connectivity index (χ2v) is 7.60. The summed E-state index contributed by atoms with van der Waals surface area (Å²) in [5.41, 5.74) is 1.19. The third-order valence-electron chi connectivity index (χ3n) is 3.63. The van der Waals surface area contributed by atoms with Crippen LogP contribution in [0.4, 0.5) is 0 Å². The average Bonchev–Trinajstić information content (AvgIpc) is 2.89. The Labute approximate surface area is 134 Å². The molecule has 1 heterocycles. The summed E-state index contributed by atoms with van der Waals surface area (Å²) in [6.07, 6.45) is 2.97. The second-order valence-electron chi connectivity index (χ2n) is 5.89. The van der Waals surface area contributed by atoms with Crippen LogP contribution in [-0.2, 0) is 16.4 Å². The number of nitrogens with one attached hydrogen (secondary N) is 2. The lowest BCUT2D eigenvalue weighted by atomic mass is 10.0. The number of benzene rings is 1. The fourth-order valence-corrected chi connectivity index (χ4v) is 3.60. The van der Waals surface area contributed by atoms with Crippen LogP contribution in [0, 0.1) is 5.92 Å². The first kappa shape index (κ1) is 18.4. The summed E-state index contributed by atoms with van der Waals surface area (Å²) >= 11 is 0. The molecule has 21 heavy (non-hydrogen) atoms. The molecule has 2 N–H and O–H groups in total. The van der Waals surface area contributed by atoms with Crippen molar-refractivity contribution in [3.8, 4) is 0 Å². The van der Waals surface area contributed by atoms with Crippen molar-refractivity contribution in [3.63, 3.8) is 0 Å². The van der Waals surface area contributed by atoms with Crippen LogP contribution in [0.1, 0.15) is 32.3 Å². The van der Waals surface area contributed by atoms with Crippen LogP contribution in [0.3, 0.4) is 0 Å². The van der Waals surface area contributed by atoms with E-state index in [1.807, 2.05) is 12.1 Å². The van der Waals surface area contributed by atoms with Gasteiger partial charge >= 0.3 is 0 Å². The van der Waals surface area contributed by atoms with Gasteiger partial charge in [-0.25, -0.2) is 13.1 Å². The van der Waals surface area contributed by atoms with E-state index in [0.29, 0.717) is 17.4 Å². The molecule has 0 aromatic heterocycles. The minimum absolute atomic E-state index is 0. The Morgan fingerprint density at radius 3 is 2.48 bits per heavy atom. The molecular formula is C15H25ClN2O2S. The Morgan fingerprint density at radius 1 is 1.29 bits per heavy atom. The lowest BCUT2D eigenvalue weighted by molar-refractivity contribution is 0.560. The maximum atomic E-state index is 12.2. The first-order valence-corrected chi connectivity index (χ1v) is 8.77. The van der Waals surface area contributed by atoms with Gasteiger partial charge in [-0.15, -0.1) is 12.4 Å². The smallest absolute Gasteiger partial charge is 0.240 e. The lowest BCUT2D eigenvalue weighted by Gasteiger charge is -2.12. The van der Waals surface area contributed by atoms with Crippen molar-refractivity contribution in [2.24, 2.45) is 5.92 Å². The maximum Gasteiger partial charge on any atom is 0.240 e. The number of halogens is 1. The van der Waals surface area contributed by atoms with E-state index in [1.54, 1.807) is 12.1 Å². The van der Waals surface area contributed by atoms with Gasteiger partial charge < -0.3 is 5.32 Å². The average molecular weight is 333 g/mol. The highest BCUT2D eigenvalue weighted by Gasteiger charge is 2.22. The molecule has 1 atom stereocenters. The van der Waals surface area contributed by atoms with Crippen molar-refractivity contribution < 1.29 is 8.42 Å². The fraction of sp³-hybridized carbons (Fsp3) is 0.600. The van der Waals surface area contributed by atoms with E-state index in [2.05, 4.69) is 23.9 Å². The van der Waals surface area contributed by atoms with Gasteiger partial charge in [0.05, 0.1) is 4.90 Å². The van der Waals surface area contributed by atoms with Crippen LogP contribution in [0.2, 0.25) is 0 Å². The minimum Gasteiger partial charge on any atom is -0.315 e. The first-order valence-electron chi connectivity index (χ1n) is 7.29. The third-order valence-corrected chi connectivity index (χ3v) is 5.16. The Bertz CT molecular complexity index is 523. The molecule has 0 radical (unpaired) electrons. The summed E-state index contributed by atoms with van der Waals surface area (Å²) in [5, 5.41) is 3.16. The quantitative estimate of drug-likeness (QED) is 0.840. The van der Waals surface area contributed by atoms with Crippen molar-refractivity contribution in [2.75, 3.05) is 13.1 Å². The Morgan fingerprint density at radius 2 is 1.95 bits per heavy atom. The van der Waals surface area contributed by atoms with Crippen LogP contribution in [0.25, 0.3) is 0 Å². The summed E-state index contributed by atoms with van der Waals surface area (Å²) in [4.78, 5) is 0.359. The number of hydrogen-bond acceptors (Lipinski definition) is 3. The zero-order chi connectivity index (χ0) is 14.6. The van der Waals surface area contributed by atoms with Gasteiger partial charge in [0.25, 0.3) is 0 Å². The Hall–Kier alpha value is -0.620. The number of hydrogen-bond donors (Lipinski definition) is 2. The highest BCUT2D eigenvalue weighted by molar-refractivity contribution is 7.89. The summed E-state index contributed by atoms with van der Waals surface area (Å²) in [6, 6.07) is 7.27. The molecule has 1 fully saturated rings. The lowest BCUT2D eigenvalue weighted by Crippen LogP contribution is -2.36. The predicted octanol–water partition coefficient (Wildman–Crippen LogP) is 2.34. The fourth-order valence-electron chi connectivity index (χ4n) is 2.33. The molecule has 1 saturated heterocycles. The van der Waals surface area contributed by atoms with Gasteiger partial charge in [0.15, 0.2) is 0 Å². The molecule has 1 aliphatic rings. The van der Waals surface area contributed by atoms with Gasteiger partial charge in [-0.3, -0.25) is 0 Å². The number of sulfonamides is 1. The van der Waals surface area contributed by atoms with Crippen molar-refractivity contribution >= 4 is 22.4 Å². The van der Waals surface area contributed by atoms with Gasteiger partial charge in [0, 0.05) is 12.6 Å². The van der Waals surface area contributed by atoms with Crippen LogP contribution < -0.4 is 10.0 Å². The van der Waals surface area contributed by atoms with E-state index in [1.165, 1.54) is 5.56 Å². The molecule has 6 heteroatoms. The molecule has 0 aliphatic carbocycles. The van der Waals surface area contributed by atoms with E-state index in [4.69, 9.17) is 0 Å². The summed E-state index contributed by atoms with van der Waals surface area (Å²) < 4.78 is 27.2. The van der Waals surface area contributed by atoms with Gasteiger partial charge in [-0.1, -0.05) is 26.0 Å². The zero-order valence-corrected chi connectivity index (χ0v) is 14.3. The molecule has 4 nitrogen and oxygen atoms in total. The van der Waals surface area contributed by atoms with E-state index in [9.17, 15) is 8.42 Å². The topological polar surface area (TPSA) is 58.2 Å². The zero-order valence-electron chi connectivity index (χ0n) is 12.6. The number of rotatable bonds is 6. The van der Waals surface area contributed by atoms with E-state index in [0.717, 1.165) is 25.8 Å². The highest BCUT2D eigenvalue weighted by Crippen LogP contribution is 2.15. The van der Waals surface area contributed by atoms with E-state index >= 15 is 0 Å². The van der Waals surface area contributed by atoms with Crippen LogP contribution >= 0.6 is 12.4 Å². The molecule has 0 saturated carbocycles. The molecule has 0 bridgehead atoms. The first-order chi connectivity index (χ1) is 9.47. The van der Waals surface area contributed by atoms with Crippen molar-refractivity contribution in [1.29, 1.82) is 0 Å². The maximum absolute atomic E-state index is 12.2. The molecule has 0 amide bonds. The molecule has 0 spiro atoms. The van der Waals surface area contributed by atoms with Crippen molar-refractivity contribution in [3.05, 3.63) is 29.8 Å². The predicted molar refractivity (Wildman–Crippen MR) is 88.4 cm³/mol. The van der Waals surface area contributed by atoms with Gasteiger partial charge in [-0.2, -0.15) is 0 Å². The van der Waals surface area contributed by atoms with Crippen LogP contribution in [0.5, 0.6) is 0 Å². The van der Waals surface area contributed by atoms with Gasteiger partial charge in [-0.05, 0) is 49.4 Å². The molecule has 120 valence electrons. The molecule has 1 unspecified atom stereocenters. The second kappa shape index (κ2) is 8.13. The van der Waals surface area contributed by atoms with Crippen molar-refractivity contribution in [1.82, 2.24) is 10.0 Å². The van der Waals surface area contributed by atoms with Crippen LogP contribution in [0.15, 0.2) is 29.2 Å². The molecule has 2 rings (SSSR count). The monoisotopic (exact) mass is 332 g/mol. The van der Waals surface area contributed by atoms with Crippen molar-refractivity contribution in [2.45, 2.75) is 44.0 Å². The SMILES string of the molecule is CC(C)CCc1ccc(S(=O)(=O)NC2CCNC2)cc1.Cl. The largest absolute Gasteiger partial charge is 0.315 e. The molecule has 1 aromatic carbocycles. The van der Waals surface area contributed by atoms with E-state index in [-0.39, 0.29) is 18.4 Å². The molecule has 1 aliphatic heterocycles. The Kier molecular flexibility index (Phi) is 7.13. The summed E-state index contributed by atoms with van der Waals surface area (Å²) in [6.45, 7) is 5.98. The minimum atomic E-state index is -3.38. The van der Waals surface area contributed by atoms with Crippen LogP contribution in [-0.4, -0.2) is 27.5 Å². The standard InChI is InChI=1S/C15H24N2O2S.ClH/c1-12(2)3-4-13-5-7-15(8-6-13)20(18,19)17-14-9-10-16-11-14;/h5-8,12,14,16-17H,3-4,9-11H2,1-2H3;1H.